The fraction of sp³-hybridized carbons (Fsp3) is 0.632. The highest BCUT2D eigenvalue weighted by Gasteiger charge is 2.39. The highest BCUT2D eigenvalue weighted by molar-refractivity contribution is 7.89. The minimum absolute atomic E-state index is 0.0314. The molecule has 3 aliphatic rings. The minimum Gasteiger partial charge on any atom is -0.490 e. The van der Waals surface area contributed by atoms with Crippen LogP contribution in [0, 0.1) is 5.92 Å². The predicted octanol–water partition coefficient (Wildman–Crippen LogP) is 1.62. The molecule has 2 saturated carbocycles. The number of hydrogen-bond acceptors (Lipinski definition) is 5. The van der Waals surface area contributed by atoms with Crippen molar-refractivity contribution in [2.45, 2.75) is 62.1 Å². The van der Waals surface area contributed by atoms with Crippen LogP contribution in [-0.2, 0) is 21.2 Å². The van der Waals surface area contributed by atoms with Crippen LogP contribution in [0.15, 0.2) is 23.1 Å². The summed E-state index contributed by atoms with van der Waals surface area (Å²) >= 11 is 0. The van der Waals surface area contributed by atoms with E-state index in [1.54, 1.807) is 18.2 Å². The van der Waals surface area contributed by atoms with Crippen LogP contribution in [0.3, 0.4) is 0 Å². The third kappa shape index (κ3) is 4.28. The van der Waals surface area contributed by atoms with E-state index in [2.05, 4.69) is 4.72 Å². The molecule has 1 heterocycles. The molecular weight excluding hydrogens is 368 g/mol. The van der Waals surface area contributed by atoms with Crippen molar-refractivity contribution < 1.29 is 23.1 Å². The van der Waals surface area contributed by atoms with E-state index in [4.69, 9.17) is 9.84 Å². The summed E-state index contributed by atoms with van der Waals surface area (Å²) in [5.41, 5.74) is 0.925. The second kappa shape index (κ2) is 7.07. The van der Waals surface area contributed by atoms with Crippen LogP contribution in [0.1, 0.15) is 38.2 Å². The molecule has 1 aliphatic heterocycles. The first-order chi connectivity index (χ1) is 12.8. The number of nitrogens with zero attached hydrogens (tertiary/aromatic N) is 1. The number of rotatable bonds is 8. The lowest BCUT2D eigenvalue weighted by atomic mass is 9.86. The molecule has 1 atom stereocenters. The van der Waals surface area contributed by atoms with E-state index < -0.39 is 16.0 Å². The molecule has 0 amide bonds. The fourth-order valence-corrected chi connectivity index (χ4v) is 5.30. The number of sulfonamides is 1. The Morgan fingerprint density at radius 1 is 1.33 bits per heavy atom. The van der Waals surface area contributed by atoms with Crippen molar-refractivity contribution in [1.29, 1.82) is 0 Å². The molecule has 0 aromatic heterocycles. The topological polar surface area (TPSA) is 95.9 Å². The first kappa shape index (κ1) is 18.7. The maximum Gasteiger partial charge on any atom is 0.317 e. The van der Waals surface area contributed by atoms with Gasteiger partial charge < -0.3 is 9.84 Å². The molecule has 27 heavy (non-hydrogen) atoms. The predicted molar refractivity (Wildman–Crippen MR) is 99.3 cm³/mol. The molecule has 2 N–H and O–H groups in total. The van der Waals surface area contributed by atoms with Crippen molar-refractivity contribution in [3.8, 4) is 5.75 Å². The van der Waals surface area contributed by atoms with E-state index in [1.807, 2.05) is 11.8 Å². The molecule has 4 rings (SSSR count). The Kier molecular flexibility index (Phi) is 4.90. The van der Waals surface area contributed by atoms with Crippen LogP contribution >= 0.6 is 0 Å². The normalized spacial score (nSPS) is 27.1. The smallest absolute Gasteiger partial charge is 0.317 e. The van der Waals surface area contributed by atoms with Gasteiger partial charge in [-0.15, -0.1) is 0 Å². The van der Waals surface area contributed by atoms with Crippen LogP contribution in [0.4, 0.5) is 0 Å². The quantitative estimate of drug-likeness (QED) is 0.696. The molecule has 1 aromatic carbocycles. The molecule has 0 saturated heterocycles. The summed E-state index contributed by atoms with van der Waals surface area (Å²) in [4.78, 5) is 13.4. The van der Waals surface area contributed by atoms with Crippen LogP contribution in [0.2, 0.25) is 0 Å². The van der Waals surface area contributed by atoms with E-state index in [0.717, 1.165) is 24.3 Å². The molecule has 2 aliphatic carbocycles. The van der Waals surface area contributed by atoms with Gasteiger partial charge in [-0.3, -0.25) is 9.69 Å². The number of fused-ring (bicyclic) bond motifs is 1. The molecule has 0 bridgehead atoms. The van der Waals surface area contributed by atoms with Gasteiger partial charge in [0, 0.05) is 25.0 Å². The maximum atomic E-state index is 12.7. The third-order valence-electron chi connectivity index (χ3n) is 5.66. The molecule has 1 unspecified atom stereocenters. The molecule has 1 aromatic rings. The zero-order chi connectivity index (χ0) is 19.2. The van der Waals surface area contributed by atoms with Crippen molar-refractivity contribution in [3.05, 3.63) is 23.8 Å². The highest BCUT2D eigenvalue weighted by atomic mass is 32.2. The molecule has 7 nitrogen and oxygen atoms in total. The lowest BCUT2D eigenvalue weighted by molar-refractivity contribution is -0.139. The first-order valence-corrected chi connectivity index (χ1v) is 11.1. The summed E-state index contributed by atoms with van der Waals surface area (Å²) in [5, 5.41) is 9.12. The molecule has 148 valence electrons. The molecular formula is C19H26N2O5S. The van der Waals surface area contributed by atoms with Gasteiger partial charge in [0.1, 0.15) is 11.9 Å². The van der Waals surface area contributed by atoms with Gasteiger partial charge in [-0.05, 0) is 62.3 Å². The van der Waals surface area contributed by atoms with E-state index in [9.17, 15) is 13.2 Å². The lowest BCUT2D eigenvalue weighted by Gasteiger charge is -2.42. The van der Waals surface area contributed by atoms with Crippen molar-refractivity contribution in [3.63, 3.8) is 0 Å². The maximum absolute atomic E-state index is 12.7. The third-order valence-corrected chi connectivity index (χ3v) is 7.18. The number of hydrogen-bond donors (Lipinski definition) is 2. The van der Waals surface area contributed by atoms with Gasteiger partial charge in [0.05, 0.1) is 11.4 Å². The Bertz CT molecular complexity index is 831. The minimum atomic E-state index is -3.58. The number of carboxylic acid groups (broad SMARTS) is 1. The zero-order valence-corrected chi connectivity index (χ0v) is 16.2. The van der Waals surface area contributed by atoms with Gasteiger partial charge in [-0.1, -0.05) is 0 Å². The average Bonchev–Trinajstić information content (AvgIpc) is 3.27. The van der Waals surface area contributed by atoms with Crippen molar-refractivity contribution in [2.24, 2.45) is 5.92 Å². The van der Waals surface area contributed by atoms with Gasteiger partial charge in [0.15, 0.2) is 0 Å². The van der Waals surface area contributed by atoms with Crippen molar-refractivity contribution in [2.75, 3.05) is 13.1 Å². The average molecular weight is 394 g/mol. The number of aliphatic carboxylic acids is 1. The van der Waals surface area contributed by atoms with E-state index >= 15 is 0 Å². The number of ether oxygens (including phenoxy) is 1. The first-order valence-electron chi connectivity index (χ1n) is 9.58. The van der Waals surface area contributed by atoms with Crippen LogP contribution in [-0.4, -0.2) is 55.7 Å². The van der Waals surface area contributed by atoms with Crippen molar-refractivity contribution in [1.82, 2.24) is 9.62 Å². The summed E-state index contributed by atoms with van der Waals surface area (Å²) in [6.45, 7) is 2.80. The summed E-state index contributed by atoms with van der Waals surface area (Å²) in [5.74, 6) is 0.542. The van der Waals surface area contributed by atoms with E-state index in [0.29, 0.717) is 18.8 Å². The standard InChI is InChI=1S/C19H26N2O5S/c1-12-6-14-7-17(4-5-18(14)26-12)27(24,25)20-15-8-16(9-15)21(11-19(22)23)10-13-2-3-13/h4-5,7,12-13,15-16,20H,2-3,6,8-11H2,1H3,(H,22,23). The fourth-order valence-electron chi connectivity index (χ4n) is 3.98. The summed E-state index contributed by atoms with van der Waals surface area (Å²) in [7, 11) is -3.58. The molecule has 8 heteroatoms. The zero-order valence-electron chi connectivity index (χ0n) is 15.4. The van der Waals surface area contributed by atoms with Gasteiger partial charge in [-0.25, -0.2) is 13.1 Å². The second-order valence-electron chi connectivity index (χ2n) is 8.11. The number of benzene rings is 1. The number of carboxylic acids is 1. The van der Waals surface area contributed by atoms with Crippen LogP contribution in [0.25, 0.3) is 0 Å². The lowest BCUT2D eigenvalue weighted by Crippen LogP contribution is -2.55. The van der Waals surface area contributed by atoms with Gasteiger partial charge in [-0.2, -0.15) is 0 Å². The Labute approximate surface area is 159 Å². The number of nitrogens with one attached hydrogen (secondary N) is 1. The summed E-state index contributed by atoms with van der Waals surface area (Å²) in [6, 6.07) is 5.00. The SMILES string of the molecule is CC1Cc2cc(S(=O)(=O)NC3CC(N(CC(=O)O)CC4CC4)C3)ccc2O1. The Morgan fingerprint density at radius 3 is 2.74 bits per heavy atom. The largest absolute Gasteiger partial charge is 0.490 e. The van der Waals surface area contributed by atoms with Gasteiger partial charge in [0.25, 0.3) is 0 Å². The Morgan fingerprint density at radius 2 is 2.07 bits per heavy atom. The Balaban J connectivity index is 1.36. The monoisotopic (exact) mass is 394 g/mol. The summed E-state index contributed by atoms with van der Waals surface area (Å²) in [6.07, 6.45) is 4.44. The van der Waals surface area contributed by atoms with E-state index in [1.165, 1.54) is 12.8 Å². The van der Waals surface area contributed by atoms with Crippen molar-refractivity contribution >= 4 is 16.0 Å². The van der Waals surface area contributed by atoms with Crippen LogP contribution < -0.4 is 9.46 Å². The van der Waals surface area contributed by atoms with Gasteiger partial charge in [0.2, 0.25) is 10.0 Å². The van der Waals surface area contributed by atoms with Crippen LogP contribution in [0.5, 0.6) is 5.75 Å². The highest BCUT2D eigenvalue weighted by Crippen LogP contribution is 2.35. The Hall–Kier alpha value is -1.64. The summed E-state index contributed by atoms with van der Waals surface area (Å²) < 4.78 is 33.8. The number of carbonyl (C=O) groups is 1. The molecule has 0 spiro atoms. The second-order valence-corrected chi connectivity index (χ2v) is 9.83. The van der Waals surface area contributed by atoms with E-state index in [-0.39, 0.29) is 29.6 Å². The molecule has 2 fully saturated rings. The van der Waals surface area contributed by atoms with Gasteiger partial charge >= 0.3 is 5.97 Å². The molecule has 0 radical (unpaired) electrons.